The lowest BCUT2D eigenvalue weighted by Crippen LogP contribution is -2.44. The number of anilines is 2. The van der Waals surface area contributed by atoms with Crippen molar-refractivity contribution in [3.8, 4) is 17.0 Å². The van der Waals surface area contributed by atoms with Crippen LogP contribution in [0.15, 0.2) is 59.5 Å². The molecule has 1 aliphatic heterocycles. The molecule has 0 bridgehead atoms. The normalized spacial score (nSPS) is 14.0. The second-order valence-electron chi connectivity index (χ2n) is 10.7. The molecule has 1 unspecified atom stereocenters. The summed E-state index contributed by atoms with van der Waals surface area (Å²) in [5.41, 5.74) is -1.12. The molecular formula is C32H32F5N5O7. The summed E-state index contributed by atoms with van der Waals surface area (Å²) < 4.78 is 94.0. The minimum absolute atomic E-state index is 0.00172. The van der Waals surface area contributed by atoms with Gasteiger partial charge in [0, 0.05) is 30.9 Å². The Bertz CT molecular complexity index is 1790. The van der Waals surface area contributed by atoms with E-state index in [-0.39, 0.29) is 86.0 Å². The molecule has 3 N–H and O–H groups in total. The van der Waals surface area contributed by atoms with Gasteiger partial charge in [-0.3, -0.25) is 10.4 Å². The lowest BCUT2D eigenvalue weighted by Gasteiger charge is -2.31. The van der Waals surface area contributed by atoms with Crippen LogP contribution in [-0.4, -0.2) is 70.5 Å². The number of aliphatic hydroxyl groups is 1. The fraction of sp³-hybridized carbons (Fsp3) is 0.344. The van der Waals surface area contributed by atoms with Gasteiger partial charge in [0.05, 0.1) is 50.6 Å². The van der Waals surface area contributed by atoms with Crippen LogP contribution in [0.25, 0.3) is 17.3 Å². The van der Waals surface area contributed by atoms with Gasteiger partial charge in [0.2, 0.25) is 5.54 Å². The fourth-order valence-corrected chi connectivity index (χ4v) is 5.20. The average molecular weight is 694 g/mol. The predicted molar refractivity (Wildman–Crippen MR) is 165 cm³/mol. The predicted octanol–water partition coefficient (Wildman–Crippen LogP) is 5.69. The van der Waals surface area contributed by atoms with E-state index in [9.17, 15) is 31.9 Å². The van der Waals surface area contributed by atoms with Gasteiger partial charge in [0.15, 0.2) is 23.2 Å². The molecular weight excluding hydrogens is 661 g/mol. The van der Waals surface area contributed by atoms with Crippen molar-refractivity contribution in [2.75, 3.05) is 50.1 Å². The number of hydrogen-bond acceptors (Lipinski definition) is 10. The number of nitrogens with zero attached hydrogens (tertiary/aromatic N) is 4. The number of alkyl halides is 3. The molecule has 0 aliphatic carbocycles. The topological polar surface area (TPSA) is 144 Å². The molecule has 0 fully saturated rings. The van der Waals surface area contributed by atoms with Gasteiger partial charge in [-0.25, -0.2) is 18.6 Å². The minimum atomic E-state index is -4.82. The Hall–Kier alpha value is -5.00. The van der Waals surface area contributed by atoms with Crippen molar-refractivity contribution in [2.45, 2.75) is 31.5 Å². The summed E-state index contributed by atoms with van der Waals surface area (Å²) in [7, 11) is 0. The van der Waals surface area contributed by atoms with Crippen molar-refractivity contribution in [1.82, 2.24) is 14.7 Å². The van der Waals surface area contributed by atoms with Crippen molar-refractivity contribution in [1.29, 1.82) is 0 Å². The number of halogens is 5. The summed E-state index contributed by atoms with van der Waals surface area (Å²) in [6.45, 7) is 1.83. The molecule has 12 nitrogen and oxygen atoms in total. The van der Waals surface area contributed by atoms with E-state index in [1.165, 1.54) is 41.1 Å². The quantitative estimate of drug-likeness (QED) is 0.0984. The first-order valence-corrected chi connectivity index (χ1v) is 15.1. The second-order valence-corrected chi connectivity index (χ2v) is 10.7. The van der Waals surface area contributed by atoms with E-state index in [2.05, 4.69) is 15.6 Å². The van der Waals surface area contributed by atoms with Crippen LogP contribution in [0.5, 0.6) is 5.75 Å². The molecule has 49 heavy (non-hydrogen) atoms. The van der Waals surface area contributed by atoms with E-state index < -0.39 is 34.9 Å². The summed E-state index contributed by atoms with van der Waals surface area (Å²) in [6, 6.07) is 8.03. The number of carboxylic acid groups (broad SMARTS) is 1. The standard InChI is InChI=1S/C32H32F5N5O7/c1-2-12-48-20-6-7-21(22(17-20)32(35,36)37)24-18-27(49-40-24)31(30(44)45,9-13-46-15-16-47-14-11-43)41-19-38-29-26(41)8-10-42(39-29)25-5-3-4-23(33)28(25)34/h3-8,10,17-19,39,43H,2,9,11-16H2,1H3,(H,44,45). The summed E-state index contributed by atoms with van der Waals surface area (Å²) in [5.74, 6) is -4.01. The molecule has 3 heterocycles. The largest absolute Gasteiger partial charge is 0.494 e. The lowest BCUT2D eigenvalue weighted by atomic mass is 9.90. The van der Waals surface area contributed by atoms with Crippen LogP contribution in [0.4, 0.5) is 33.5 Å². The smallest absolute Gasteiger partial charge is 0.417 e. The number of fused-ring (bicyclic) bond motifs is 1. The van der Waals surface area contributed by atoms with Gasteiger partial charge in [-0.2, -0.15) is 13.2 Å². The van der Waals surface area contributed by atoms with Gasteiger partial charge < -0.3 is 33.5 Å². The van der Waals surface area contributed by atoms with Gasteiger partial charge in [0.25, 0.3) is 0 Å². The lowest BCUT2D eigenvalue weighted by molar-refractivity contribution is -0.147. The Morgan fingerprint density at radius 1 is 1.04 bits per heavy atom. The number of carbonyl (C=O) groups is 1. The van der Waals surface area contributed by atoms with E-state index in [4.69, 9.17) is 23.8 Å². The molecule has 262 valence electrons. The third-order valence-corrected chi connectivity index (χ3v) is 7.55. The maximum absolute atomic E-state index is 14.6. The number of imidazole rings is 1. The van der Waals surface area contributed by atoms with Crippen molar-refractivity contribution in [3.63, 3.8) is 0 Å². The van der Waals surface area contributed by atoms with Gasteiger partial charge in [-0.05, 0) is 42.8 Å². The van der Waals surface area contributed by atoms with Crippen molar-refractivity contribution in [2.24, 2.45) is 0 Å². The van der Waals surface area contributed by atoms with Crippen LogP contribution in [0, 0.1) is 11.6 Å². The monoisotopic (exact) mass is 693 g/mol. The van der Waals surface area contributed by atoms with E-state index in [1.807, 2.05) is 6.92 Å². The second kappa shape index (κ2) is 15.0. The van der Waals surface area contributed by atoms with Crippen LogP contribution in [0.3, 0.4) is 0 Å². The van der Waals surface area contributed by atoms with Crippen LogP contribution >= 0.6 is 0 Å². The van der Waals surface area contributed by atoms with Crippen LogP contribution in [0.2, 0.25) is 0 Å². The molecule has 1 aliphatic rings. The third kappa shape index (κ3) is 7.38. The van der Waals surface area contributed by atoms with Crippen molar-refractivity contribution < 1.29 is 55.7 Å². The zero-order chi connectivity index (χ0) is 35.2. The van der Waals surface area contributed by atoms with Gasteiger partial charge in [0.1, 0.15) is 17.1 Å². The Kier molecular flexibility index (Phi) is 10.8. The molecule has 17 heteroatoms. The molecule has 0 saturated heterocycles. The zero-order valence-electron chi connectivity index (χ0n) is 26.0. The van der Waals surface area contributed by atoms with Crippen LogP contribution in [-0.2, 0) is 26.0 Å². The molecule has 0 spiro atoms. The first-order chi connectivity index (χ1) is 23.5. The Balaban J connectivity index is 1.55. The van der Waals surface area contributed by atoms with Crippen LogP contribution in [0.1, 0.15) is 36.8 Å². The van der Waals surface area contributed by atoms with Gasteiger partial charge >= 0.3 is 12.1 Å². The highest BCUT2D eigenvalue weighted by molar-refractivity contribution is 5.83. The minimum Gasteiger partial charge on any atom is -0.494 e. The number of aliphatic hydroxyl groups excluding tert-OH is 1. The summed E-state index contributed by atoms with van der Waals surface area (Å²) in [6.07, 6.45) is -0.680. The highest BCUT2D eigenvalue weighted by Gasteiger charge is 2.48. The van der Waals surface area contributed by atoms with E-state index in [1.54, 1.807) is 0 Å². The highest BCUT2D eigenvalue weighted by atomic mass is 19.4. The maximum Gasteiger partial charge on any atom is 0.417 e. The number of carboxylic acids is 1. The molecule has 4 aromatic rings. The fourth-order valence-electron chi connectivity index (χ4n) is 5.20. The number of aliphatic carboxylic acids is 1. The first kappa shape index (κ1) is 35.3. The Morgan fingerprint density at radius 3 is 2.53 bits per heavy atom. The number of ether oxygens (including phenoxy) is 3. The van der Waals surface area contributed by atoms with Gasteiger partial charge in [-0.1, -0.05) is 18.1 Å². The number of hydrazine groups is 1. The molecule has 0 amide bonds. The number of benzene rings is 2. The average Bonchev–Trinajstić information content (AvgIpc) is 3.74. The number of rotatable bonds is 16. The van der Waals surface area contributed by atoms with Crippen molar-refractivity contribution >= 4 is 23.6 Å². The third-order valence-electron chi connectivity index (χ3n) is 7.55. The summed E-state index contributed by atoms with van der Waals surface area (Å²) in [4.78, 5) is 17.6. The maximum atomic E-state index is 14.6. The molecule has 5 rings (SSSR count). The Labute approximate surface area is 276 Å². The number of aromatic nitrogens is 3. The molecule has 1 atom stereocenters. The van der Waals surface area contributed by atoms with E-state index in [0.717, 1.165) is 29.5 Å². The van der Waals surface area contributed by atoms with Crippen molar-refractivity contribution in [3.05, 3.63) is 83.6 Å². The molecule has 2 aromatic heterocycles. The summed E-state index contributed by atoms with van der Waals surface area (Å²) >= 11 is 0. The van der Waals surface area contributed by atoms with Crippen LogP contribution < -0.4 is 15.2 Å². The SMILES string of the molecule is CCCOc1ccc(-c2cc(C(CCOCCOCCO)(C(=O)O)n3cnc4c3C=CN(c3cccc(F)c3F)N4)on2)c(C(F)(F)F)c1. The Morgan fingerprint density at radius 2 is 1.82 bits per heavy atom. The zero-order valence-corrected chi connectivity index (χ0v) is 26.0. The number of nitrogens with one attached hydrogen (secondary N) is 1. The van der Waals surface area contributed by atoms with Gasteiger partial charge in [-0.15, -0.1) is 0 Å². The number of hydrogen-bond donors (Lipinski definition) is 3. The summed E-state index contributed by atoms with van der Waals surface area (Å²) in [5, 5.41) is 24.7. The van der Waals surface area contributed by atoms with E-state index >= 15 is 0 Å². The molecule has 2 aromatic carbocycles. The van der Waals surface area contributed by atoms with E-state index in [0.29, 0.717) is 6.42 Å². The molecule has 0 saturated carbocycles. The molecule has 0 radical (unpaired) electrons. The highest BCUT2D eigenvalue weighted by Crippen LogP contribution is 2.42. The first-order valence-electron chi connectivity index (χ1n) is 15.1.